The van der Waals surface area contributed by atoms with Crippen LogP contribution in [0.4, 0.5) is 0 Å². The fraction of sp³-hybridized carbons (Fsp3) is 0.400. The number of hydrogen-bond acceptors (Lipinski definition) is 2. The molecule has 0 saturated heterocycles. The fourth-order valence-electron chi connectivity index (χ4n) is 0.252. The van der Waals surface area contributed by atoms with Crippen molar-refractivity contribution in [1.82, 2.24) is 0 Å². The van der Waals surface area contributed by atoms with E-state index in [1.807, 2.05) is 5.87 Å². The number of nitrogens with one attached hydrogen (secondary N) is 1. The maximum Gasteiger partial charge on any atom is 0.225 e. The summed E-state index contributed by atoms with van der Waals surface area (Å²) in [5.74, 6) is 2.63. The third-order valence-corrected chi connectivity index (χ3v) is 0.851. The van der Waals surface area contributed by atoms with Crippen molar-refractivity contribution in [3.05, 3.63) is 17.1 Å². The van der Waals surface area contributed by atoms with Gasteiger partial charge in [0, 0.05) is 0 Å². The molecule has 1 N–H and O–H groups in total. The van der Waals surface area contributed by atoms with Crippen molar-refractivity contribution in [3.63, 3.8) is 0 Å². The van der Waals surface area contributed by atoms with Crippen LogP contribution in [0, 0.1) is 12.0 Å². The summed E-state index contributed by atoms with van der Waals surface area (Å²) in [4.78, 5) is 3.02. The van der Waals surface area contributed by atoms with Crippen LogP contribution in [0.3, 0.4) is 0 Å². The van der Waals surface area contributed by atoms with Gasteiger partial charge in [-0.2, -0.15) is 12.6 Å². The Hall–Kier alpha value is -0.710. The van der Waals surface area contributed by atoms with E-state index in [2.05, 4.69) is 17.5 Å². The average molecular weight is 126 g/mol. The molecule has 0 spiro atoms. The Labute approximate surface area is 54.0 Å². The lowest BCUT2D eigenvalue weighted by Gasteiger charge is -1.82. The molecule has 3 heteroatoms. The van der Waals surface area contributed by atoms with Crippen LogP contribution in [0.15, 0.2) is 5.70 Å². The second kappa shape index (κ2) is 4.45. The molecule has 0 bridgehead atoms. The largest absolute Gasteiger partial charge is 0.272 e. The Kier molecular flexibility index (Phi) is 4.05. The van der Waals surface area contributed by atoms with E-state index in [1.54, 1.807) is 0 Å². The zero-order valence-corrected chi connectivity index (χ0v) is 5.20. The predicted octanol–water partition coefficient (Wildman–Crippen LogP) is 1.36. The molecule has 0 aromatic rings. The summed E-state index contributed by atoms with van der Waals surface area (Å²) >= 11 is 3.88. The van der Waals surface area contributed by atoms with Crippen molar-refractivity contribution in [1.29, 1.82) is 5.41 Å². The molecular weight excluding hydrogens is 120 g/mol. The molecule has 0 aliphatic heterocycles. The first kappa shape index (κ1) is 7.29. The number of rotatable bonds is 2. The highest BCUT2D eigenvalue weighted by Crippen LogP contribution is 1.97. The topological polar surface area (TPSA) is 28.2 Å². The van der Waals surface area contributed by atoms with Crippen LogP contribution in [-0.2, 0) is 0 Å². The molecule has 0 atom stereocenters. The molecule has 0 amide bonds. The number of thiol groups is 1. The summed E-state index contributed by atoms with van der Waals surface area (Å²) in [6.07, 6.45) is 0.552. The minimum atomic E-state index is 0.347. The summed E-state index contributed by atoms with van der Waals surface area (Å²) in [5.41, 5.74) is 0.347. The number of allylic oxidation sites excluding steroid dienone is 1. The van der Waals surface area contributed by atoms with Gasteiger partial charge in [-0.15, -0.1) is 0 Å². The quantitative estimate of drug-likeness (QED) is 0.318. The lowest BCUT2D eigenvalue weighted by atomic mass is 10.4. The van der Waals surface area contributed by atoms with Gasteiger partial charge in [0.1, 0.15) is 0 Å². The van der Waals surface area contributed by atoms with Crippen molar-refractivity contribution in [2.45, 2.75) is 6.42 Å². The van der Waals surface area contributed by atoms with Gasteiger partial charge in [0.05, 0.1) is 6.57 Å². The van der Waals surface area contributed by atoms with E-state index in [0.717, 1.165) is 0 Å². The van der Waals surface area contributed by atoms with Crippen LogP contribution in [0.25, 0.3) is 4.85 Å². The van der Waals surface area contributed by atoms with E-state index in [9.17, 15) is 0 Å². The van der Waals surface area contributed by atoms with Gasteiger partial charge in [-0.25, -0.2) is 4.85 Å². The van der Waals surface area contributed by atoms with Crippen molar-refractivity contribution in [2.75, 3.05) is 5.75 Å². The van der Waals surface area contributed by atoms with Crippen LogP contribution in [-0.4, -0.2) is 11.6 Å². The number of hydrogen-bond donors (Lipinski definition) is 2. The number of nitrogens with zero attached hydrogens (tertiary/aromatic N) is 1. The molecule has 0 rings (SSSR count). The predicted molar refractivity (Wildman–Crippen MR) is 36.3 cm³/mol. The standard InChI is InChI=1S/C5H6N2S/c1-7-5(4-6)2-3-8/h6,8H,2-3H2. The van der Waals surface area contributed by atoms with Gasteiger partial charge in [-0.3, -0.25) is 5.41 Å². The fourth-order valence-corrected chi connectivity index (χ4v) is 0.464. The normalized spacial score (nSPS) is 7.00. The van der Waals surface area contributed by atoms with E-state index < -0.39 is 0 Å². The second-order valence-electron chi connectivity index (χ2n) is 1.16. The molecule has 0 radical (unpaired) electrons. The first-order valence-electron chi connectivity index (χ1n) is 2.12. The van der Waals surface area contributed by atoms with Crippen LogP contribution in [0.1, 0.15) is 6.42 Å². The molecule has 42 valence electrons. The van der Waals surface area contributed by atoms with Gasteiger partial charge in [0.2, 0.25) is 5.70 Å². The Morgan fingerprint density at radius 2 is 2.50 bits per heavy atom. The lowest BCUT2D eigenvalue weighted by Crippen LogP contribution is -1.76. The smallest absolute Gasteiger partial charge is 0.225 e. The van der Waals surface area contributed by atoms with Crippen molar-refractivity contribution >= 4 is 18.5 Å². The van der Waals surface area contributed by atoms with E-state index in [4.69, 9.17) is 12.0 Å². The van der Waals surface area contributed by atoms with Crippen LogP contribution >= 0.6 is 12.6 Å². The molecule has 0 aliphatic rings. The third-order valence-electron chi connectivity index (χ3n) is 0.628. The van der Waals surface area contributed by atoms with Gasteiger partial charge in [-0.05, 0) is 18.0 Å². The highest BCUT2D eigenvalue weighted by Gasteiger charge is 1.89. The maximum atomic E-state index is 6.53. The van der Waals surface area contributed by atoms with Gasteiger partial charge in [0.15, 0.2) is 0 Å². The van der Waals surface area contributed by atoms with E-state index in [1.165, 1.54) is 0 Å². The van der Waals surface area contributed by atoms with E-state index in [0.29, 0.717) is 17.9 Å². The zero-order valence-electron chi connectivity index (χ0n) is 4.31. The molecule has 0 heterocycles. The summed E-state index contributed by atoms with van der Waals surface area (Å²) in [7, 11) is 0. The van der Waals surface area contributed by atoms with Gasteiger partial charge < -0.3 is 0 Å². The van der Waals surface area contributed by atoms with Gasteiger partial charge >= 0.3 is 0 Å². The van der Waals surface area contributed by atoms with Crippen molar-refractivity contribution < 1.29 is 0 Å². The molecule has 0 unspecified atom stereocenters. The molecule has 0 aliphatic carbocycles. The minimum Gasteiger partial charge on any atom is -0.272 e. The molecule has 0 aromatic carbocycles. The Balaban J connectivity index is 3.79. The monoisotopic (exact) mass is 126 g/mol. The Bertz CT molecular complexity index is 150. The first-order chi connectivity index (χ1) is 3.85. The van der Waals surface area contributed by atoms with Crippen molar-refractivity contribution in [2.24, 2.45) is 0 Å². The second-order valence-corrected chi connectivity index (χ2v) is 1.60. The minimum absolute atomic E-state index is 0.347. The van der Waals surface area contributed by atoms with Crippen LogP contribution in [0.2, 0.25) is 0 Å². The summed E-state index contributed by atoms with van der Waals surface area (Å²) in [6, 6.07) is 0. The van der Waals surface area contributed by atoms with Crippen molar-refractivity contribution in [3.8, 4) is 0 Å². The molecule has 0 aromatic heterocycles. The molecule has 2 nitrogen and oxygen atoms in total. The summed E-state index contributed by atoms with van der Waals surface area (Å²) in [5, 5.41) is 6.53. The average Bonchev–Trinajstić information content (AvgIpc) is 1.83. The van der Waals surface area contributed by atoms with Crippen LogP contribution < -0.4 is 0 Å². The third kappa shape index (κ3) is 2.46. The molecule has 0 saturated carbocycles. The van der Waals surface area contributed by atoms with Gasteiger partial charge in [0.25, 0.3) is 0 Å². The summed E-state index contributed by atoms with van der Waals surface area (Å²) in [6.45, 7) is 6.43. The Morgan fingerprint density at radius 1 is 1.88 bits per heavy atom. The molecular formula is C5H6N2S. The SMILES string of the molecule is [C-]#[N+]C(=C=N)CCS. The molecule has 0 fully saturated rings. The first-order valence-corrected chi connectivity index (χ1v) is 2.75. The van der Waals surface area contributed by atoms with Gasteiger partial charge in [-0.1, -0.05) is 0 Å². The maximum absolute atomic E-state index is 6.53. The highest BCUT2D eigenvalue weighted by molar-refractivity contribution is 7.80. The summed E-state index contributed by atoms with van der Waals surface area (Å²) < 4.78 is 0. The van der Waals surface area contributed by atoms with Crippen LogP contribution in [0.5, 0.6) is 0 Å². The Morgan fingerprint density at radius 3 is 2.62 bits per heavy atom. The lowest BCUT2D eigenvalue weighted by molar-refractivity contribution is 1.19. The van der Waals surface area contributed by atoms with E-state index >= 15 is 0 Å². The zero-order chi connectivity index (χ0) is 6.41. The highest BCUT2D eigenvalue weighted by atomic mass is 32.1. The molecule has 8 heavy (non-hydrogen) atoms. The van der Waals surface area contributed by atoms with E-state index in [-0.39, 0.29) is 0 Å².